The first kappa shape index (κ1) is 28.7. The van der Waals surface area contributed by atoms with E-state index in [1.807, 2.05) is 0 Å². The van der Waals surface area contributed by atoms with Crippen molar-refractivity contribution in [2.75, 3.05) is 23.7 Å². The van der Waals surface area contributed by atoms with Gasteiger partial charge < -0.3 is 10.2 Å². The van der Waals surface area contributed by atoms with E-state index in [-0.39, 0.29) is 6.54 Å². The van der Waals surface area contributed by atoms with Crippen LogP contribution in [0.3, 0.4) is 0 Å². The highest BCUT2D eigenvalue weighted by molar-refractivity contribution is 7.92. The van der Waals surface area contributed by atoms with Gasteiger partial charge in [-0.2, -0.15) is 13.2 Å². The van der Waals surface area contributed by atoms with Crippen molar-refractivity contribution in [2.45, 2.75) is 32.6 Å². The molecule has 7 nitrogen and oxygen atoms in total. The fourth-order valence-electron chi connectivity index (χ4n) is 3.24. The zero-order valence-electron chi connectivity index (χ0n) is 19.1. The van der Waals surface area contributed by atoms with Crippen molar-refractivity contribution in [2.24, 2.45) is 0 Å². The molecule has 2 aromatic carbocycles. The molecule has 0 saturated heterocycles. The summed E-state index contributed by atoms with van der Waals surface area (Å²) >= 11 is 11.7. The number of nitrogens with zero attached hydrogens (tertiary/aromatic N) is 2. The summed E-state index contributed by atoms with van der Waals surface area (Å²) in [4.78, 5) is 26.9. The van der Waals surface area contributed by atoms with E-state index in [0.717, 1.165) is 23.3 Å². The van der Waals surface area contributed by atoms with Crippen LogP contribution in [0.1, 0.15) is 25.0 Å². The van der Waals surface area contributed by atoms with Gasteiger partial charge in [-0.05, 0) is 49.7 Å². The Morgan fingerprint density at radius 2 is 1.77 bits per heavy atom. The quantitative estimate of drug-likeness (QED) is 0.500. The molecule has 0 unspecified atom stereocenters. The van der Waals surface area contributed by atoms with E-state index >= 15 is 0 Å². The highest BCUT2D eigenvalue weighted by Gasteiger charge is 2.35. The molecule has 0 heterocycles. The minimum absolute atomic E-state index is 0.0935. The molecule has 0 spiro atoms. The number of sulfonamides is 1. The molecule has 0 fully saturated rings. The van der Waals surface area contributed by atoms with Crippen molar-refractivity contribution in [3.63, 3.8) is 0 Å². The largest absolute Gasteiger partial charge is 0.417 e. The molecule has 0 bridgehead atoms. The Kier molecular flexibility index (Phi) is 9.43. The van der Waals surface area contributed by atoms with Gasteiger partial charge in [0.1, 0.15) is 12.6 Å². The second-order valence-electron chi connectivity index (χ2n) is 7.65. The lowest BCUT2D eigenvalue weighted by Crippen LogP contribution is -2.51. The third-order valence-electron chi connectivity index (χ3n) is 4.98. The number of carbonyl (C=O) groups is 2. The average Bonchev–Trinajstić information content (AvgIpc) is 2.74. The van der Waals surface area contributed by atoms with Crippen LogP contribution in [0, 0.1) is 0 Å². The van der Waals surface area contributed by atoms with E-state index in [4.69, 9.17) is 23.2 Å². The molecule has 2 amide bonds. The van der Waals surface area contributed by atoms with Crippen LogP contribution in [0.4, 0.5) is 18.9 Å². The fourth-order valence-corrected chi connectivity index (χ4v) is 4.51. The smallest absolute Gasteiger partial charge is 0.355 e. The number of anilines is 1. The zero-order chi connectivity index (χ0) is 26.6. The van der Waals surface area contributed by atoms with Gasteiger partial charge in [-0.1, -0.05) is 35.3 Å². The Bertz CT molecular complexity index is 1190. The summed E-state index contributed by atoms with van der Waals surface area (Å²) < 4.78 is 65.5. The minimum atomic E-state index is -4.84. The van der Waals surface area contributed by atoms with Gasteiger partial charge in [-0.3, -0.25) is 13.9 Å². The lowest BCUT2D eigenvalue weighted by atomic mass is 10.1. The topological polar surface area (TPSA) is 86.8 Å². The molecule has 35 heavy (non-hydrogen) atoms. The van der Waals surface area contributed by atoms with Crippen LogP contribution < -0.4 is 9.62 Å². The third-order valence-corrected chi connectivity index (χ3v) is 6.69. The predicted molar refractivity (Wildman–Crippen MR) is 129 cm³/mol. The first-order chi connectivity index (χ1) is 16.1. The molecule has 0 aliphatic carbocycles. The Morgan fingerprint density at radius 1 is 1.11 bits per heavy atom. The summed E-state index contributed by atoms with van der Waals surface area (Å²) in [5.74, 6) is -1.29. The second kappa shape index (κ2) is 11.5. The first-order valence-corrected chi connectivity index (χ1v) is 12.9. The van der Waals surface area contributed by atoms with Crippen molar-refractivity contribution in [3.8, 4) is 0 Å². The number of rotatable bonds is 9. The van der Waals surface area contributed by atoms with Crippen LogP contribution in [-0.2, 0) is 32.3 Å². The van der Waals surface area contributed by atoms with E-state index < -0.39 is 56.9 Å². The van der Waals surface area contributed by atoms with E-state index in [0.29, 0.717) is 27.5 Å². The summed E-state index contributed by atoms with van der Waals surface area (Å²) in [6.45, 7) is 2.51. The number of amides is 2. The molecule has 192 valence electrons. The van der Waals surface area contributed by atoms with Crippen LogP contribution in [0.5, 0.6) is 0 Å². The first-order valence-electron chi connectivity index (χ1n) is 10.3. The number of hydrogen-bond donors (Lipinski definition) is 1. The molecule has 0 aromatic heterocycles. The Hall–Kier alpha value is -2.50. The van der Waals surface area contributed by atoms with Gasteiger partial charge in [0.15, 0.2) is 0 Å². The predicted octanol–water partition coefficient (Wildman–Crippen LogP) is 4.33. The number of benzene rings is 2. The molecule has 0 aliphatic heterocycles. The average molecular weight is 554 g/mol. The molecule has 0 aliphatic rings. The maximum atomic E-state index is 13.3. The maximum absolute atomic E-state index is 13.3. The van der Waals surface area contributed by atoms with E-state index in [2.05, 4.69) is 5.32 Å². The number of nitrogens with one attached hydrogen (secondary N) is 1. The number of alkyl halides is 3. The standard InChI is InChI=1S/C22H24Cl2F3N3O4S/c1-4-28-21(32)14(2)29(12-15-6-5-7-16(23)10-15)20(31)13-30(35(3,33)34)17-8-9-19(24)18(11-17)22(25,26)27/h5-11,14H,4,12-13H2,1-3H3,(H,28,32)/t14-/m0/s1. The van der Waals surface area contributed by atoms with Crippen LogP contribution >= 0.6 is 23.2 Å². The maximum Gasteiger partial charge on any atom is 0.417 e. The van der Waals surface area contributed by atoms with Crippen molar-refractivity contribution in [1.82, 2.24) is 10.2 Å². The monoisotopic (exact) mass is 553 g/mol. The lowest BCUT2D eigenvalue weighted by molar-refractivity contribution is -0.139. The molecule has 2 aromatic rings. The SMILES string of the molecule is CCNC(=O)[C@H](C)N(Cc1cccc(Cl)c1)C(=O)CN(c1ccc(Cl)c(C(F)(F)F)c1)S(C)(=O)=O. The molecule has 13 heteroatoms. The molecular formula is C22H24Cl2F3N3O4S. The summed E-state index contributed by atoms with van der Waals surface area (Å²) in [5, 5.41) is 2.36. The number of likely N-dealkylation sites (N-methyl/N-ethyl adjacent to an activating group) is 1. The summed E-state index contributed by atoms with van der Waals surface area (Å²) in [6.07, 6.45) is -4.08. The third kappa shape index (κ3) is 7.74. The van der Waals surface area contributed by atoms with Gasteiger partial charge in [0.2, 0.25) is 21.8 Å². The molecule has 2 rings (SSSR count). The van der Waals surface area contributed by atoms with Crippen molar-refractivity contribution in [3.05, 3.63) is 63.6 Å². The van der Waals surface area contributed by atoms with Crippen LogP contribution in [0.2, 0.25) is 10.0 Å². The van der Waals surface area contributed by atoms with Gasteiger partial charge in [-0.25, -0.2) is 8.42 Å². The van der Waals surface area contributed by atoms with Gasteiger partial charge >= 0.3 is 6.18 Å². The molecular weight excluding hydrogens is 530 g/mol. The van der Waals surface area contributed by atoms with E-state index in [9.17, 15) is 31.2 Å². The van der Waals surface area contributed by atoms with Crippen molar-refractivity contribution in [1.29, 1.82) is 0 Å². The van der Waals surface area contributed by atoms with Crippen molar-refractivity contribution < 1.29 is 31.2 Å². The molecule has 0 saturated carbocycles. The van der Waals surface area contributed by atoms with E-state index in [1.165, 1.54) is 6.92 Å². The summed E-state index contributed by atoms with van der Waals surface area (Å²) in [7, 11) is -4.20. The lowest BCUT2D eigenvalue weighted by Gasteiger charge is -2.31. The van der Waals surface area contributed by atoms with Crippen molar-refractivity contribution >= 4 is 50.7 Å². The molecule has 1 N–H and O–H groups in total. The highest BCUT2D eigenvalue weighted by Crippen LogP contribution is 2.37. The van der Waals surface area contributed by atoms with Crippen LogP contribution in [-0.4, -0.2) is 50.5 Å². The number of carbonyl (C=O) groups excluding carboxylic acids is 2. The van der Waals surface area contributed by atoms with Crippen LogP contribution in [0.25, 0.3) is 0 Å². The molecule has 0 radical (unpaired) electrons. The fraction of sp³-hybridized carbons (Fsp3) is 0.364. The summed E-state index contributed by atoms with van der Waals surface area (Å²) in [5.41, 5.74) is -1.08. The Morgan fingerprint density at radius 3 is 2.31 bits per heavy atom. The van der Waals surface area contributed by atoms with Crippen LogP contribution in [0.15, 0.2) is 42.5 Å². The van der Waals surface area contributed by atoms with Gasteiger partial charge in [0.05, 0.1) is 22.5 Å². The number of hydrogen-bond acceptors (Lipinski definition) is 4. The molecule has 1 atom stereocenters. The zero-order valence-corrected chi connectivity index (χ0v) is 21.4. The Balaban J connectivity index is 2.47. The van der Waals surface area contributed by atoms with E-state index in [1.54, 1.807) is 31.2 Å². The summed E-state index contributed by atoms with van der Waals surface area (Å²) in [6, 6.07) is 8.03. The Labute approximate surface area is 211 Å². The van der Waals surface area contributed by atoms with Gasteiger partial charge in [0, 0.05) is 18.1 Å². The van der Waals surface area contributed by atoms with Gasteiger partial charge in [-0.15, -0.1) is 0 Å². The normalized spacial score (nSPS) is 12.7. The number of halogens is 5. The minimum Gasteiger partial charge on any atom is -0.355 e. The van der Waals surface area contributed by atoms with Gasteiger partial charge in [0.25, 0.3) is 0 Å². The highest BCUT2D eigenvalue weighted by atomic mass is 35.5. The second-order valence-corrected chi connectivity index (χ2v) is 10.4.